The summed E-state index contributed by atoms with van der Waals surface area (Å²) in [6.07, 6.45) is -1.11. The standard InChI is InChI=1S/C18H17FN2O4/c1-11(25-18(24)15-5-3-4-6-16(15)19)17(23)21-14-9-7-13(8-10-14)20-12(2)22/h3-11H,1-2H3,(H,20,22)(H,21,23)/t11-/m0/s1. The fraction of sp³-hybridized carbons (Fsp3) is 0.167. The fourth-order valence-electron chi connectivity index (χ4n) is 1.99. The minimum Gasteiger partial charge on any atom is -0.449 e. The lowest BCUT2D eigenvalue weighted by atomic mass is 10.2. The van der Waals surface area contributed by atoms with Gasteiger partial charge in [-0.25, -0.2) is 9.18 Å². The van der Waals surface area contributed by atoms with E-state index in [0.29, 0.717) is 11.4 Å². The highest BCUT2D eigenvalue weighted by Gasteiger charge is 2.21. The number of rotatable bonds is 5. The van der Waals surface area contributed by atoms with Crippen molar-refractivity contribution in [2.24, 2.45) is 0 Å². The number of hydrogen-bond acceptors (Lipinski definition) is 4. The van der Waals surface area contributed by atoms with Crippen LogP contribution in [0.15, 0.2) is 48.5 Å². The second-order valence-corrected chi connectivity index (χ2v) is 5.28. The lowest BCUT2D eigenvalue weighted by Crippen LogP contribution is -2.30. The molecule has 0 aliphatic rings. The number of halogens is 1. The quantitative estimate of drug-likeness (QED) is 0.817. The zero-order chi connectivity index (χ0) is 18.4. The molecule has 6 nitrogen and oxygen atoms in total. The van der Waals surface area contributed by atoms with Gasteiger partial charge in [0.25, 0.3) is 5.91 Å². The number of benzene rings is 2. The summed E-state index contributed by atoms with van der Waals surface area (Å²) in [6.45, 7) is 2.78. The van der Waals surface area contributed by atoms with Crippen LogP contribution < -0.4 is 10.6 Å². The van der Waals surface area contributed by atoms with Crippen molar-refractivity contribution in [2.45, 2.75) is 20.0 Å². The molecule has 0 spiro atoms. The highest BCUT2D eigenvalue weighted by molar-refractivity contribution is 5.97. The number of nitrogens with one attached hydrogen (secondary N) is 2. The normalized spacial score (nSPS) is 11.3. The third-order valence-corrected chi connectivity index (χ3v) is 3.22. The van der Waals surface area contributed by atoms with Crippen LogP contribution in [0, 0.1) is 5.82 Å². The van der Waals surface area contributed by atoms with Crippen LogP contribution in [0.2, 0.25) is 0 Å². The van der Waals surface area contributed by atoms with E-state index < -0.39 is 23.8 Å². The van der Waals surface area contributed by atoms with Crippen LogP contribution in [-0.4, -0.2) is 23.9 Å². The van der Waals surface area contributed by atoms with E-state index in [1.54, 1.807) is 24.3 Å². The van der Waals surface area contributed by atoms with Crippen LogP contribution in [-0.2, 0) is 14.3 Å². The van der Waals surface area contributed by atoms with Crippen LogP contribution in [0.4, 0.5) is 15.8 Å². The van der Waals surface area contributed by atoms with Gasteiger partial charge in [0.1, 0.15) is 5.82 Å². The van der Waals surface area contributed by atoms with Gasteiger partial charge in [0.05, 0.1) is 5.56 Å². The number of carbonyl (C=O) groups excluding carboxylic acids is 3. The summed E-state index contributed by atoms with van der Waals surface area (Å²) < 4.78 is 18.5. The highest BCUT2D eigenvalue weighted by Crippen LogP contribution is 2.15. The predicted octanol–water partition coefficient (Wildman–Crippen LogP) is 2.97. The van der Waals surface area contributed by atoms with Crippen molar-refractivity contribution in [1.82, 2.24) is 0 Å². The second kappa shape index (κ2) is 8.05. The van der Waals surface area contributed by atoms with Gasteiger partial charge in [-0.05, 0) is 43.3 Å². The molecule has 0 aliphatic heterocycles. The fourth-order valence-corrected chi connectivity index (χ4v) is 1.99. The summed E-state index contributed by atoms with van der Waals surface area (Å²) >= 11 is 0. The Balaban J connectivity index is 1.95. The highest BCUT2D eigenvalue weighted by atomic mass is 19.1. The summed E-state index contributed by atoms with van der Waals surface area (Å²) in [5.41, 5.74) is 0.819. The van der Waals surface area contributed by atoms with Crippen molar-refractivity contribution in [3.05, 3.63) is 59.9 Å². The molecule has 0 fully saturated rings. The van der Waals surface area contributed by atoms with Crippen molar-refractivity contribution in [3.63, 3.8) is 0 Å². The van der Waals surface area contributed by atoms with E-state index in [9.17, 15) is 18.8 Å². The number of ether oxygens (including phenoxy) is 1. The summed E-state index contributed by atoms with van der Waals surface area (Å²) in [5.74, 6) is -2.39. The average Bonchev–Trinajstić information content (AvgIpc) is 2.56. The summed E-state index contributed by atoms with van der Waals surface area (Å²) in [6, 6.07) is 11.8. The van der Waals surface area contributed by atoms with Gasteiger partial charge < -0.3 is 15.4 Å². The van der Waals surface area contributed by atoms with Crippen molar-refractivity contribution in [1.29, 1.82) is 0 Å². The second-order valence-electron chi connectivity index (χ2n) is 5.28. The predicted molar refractivity (Wildman–Crippen MR) is 90.7 cm³/mol. The van der Waals surface area contributed by atoms with E-state index in [1.807, 2.05) is 0 Å². The first-order chi connectivity index (χ1) is 11.9. The Bertz CT molecular complexity index is 790. The Morgan fingerprint density at radius 1 is 0.960 bits per heavy atom. The van der Waals surface area contributed by atoms with E-state index in [2.05, 4.69) is 10.6 Å². The molecule has 2 aromatic carbocycles. The van der Waals surface area contributed by atoms with E-state index in [1.165, 1.54) is 32.0 Å². The Labute approximate surface area is 144 Å². The maximum atomic E-state index is 13.5. The first-order valence-electron chi connectivity index (χ1n) is 7.51. The molecule has 1 atom stereocenters. The Hall–Kier alpha value is -3.22. The largest absolute Gasteiger partial charge is 0.449 e. The topological polar surface area (TPSA) is 84.5 Å². The van der Waals surface area contributed by atoms with Gasteiger partial charge in [-0.1, -0.05) is 12.1 Å². The molecule has 130 valence electrons. The van der Waals surface area contributed by atoms with E-state index in [0.717, 1.165) is 6.07 Å². The summed E-state index contributed by atoms with van der Waals surface area (Å²) in [4.78, 5) is 34.9. The first-order valence-corrected chi connectivity index (χ1v) is 7.51. The summed E-state index contributed by atoms with van der Waals surface area (Å²) in [7, 11) is 0. The van der Waals surface area contributed by atoms with E-state index >= 15 is 0 Å². The number of carbonyl (C=O) groups is 3. The van der Waals surface area contributed by atoms with Gasteiger partial charge >= 0.3 is 5.97 Å². The third kappa shape index (κ3) is 5.13. The molecule has 2 rings (SSSR count). The molecule has 2 amide bonds. The monoisotopic (exact) mass is 344 g/mol. The Kier molecular flexibility index (Phi) is 5.84. The average molecular weight is 344 g/mol. The van der Waals surface area contributed by atoms with E-state index in [4.69, 9.17) is 4.74 Å². The van der Waals surface area contributed by atoms with Gasteiger partial charge in [-0.3, -0.25) is 9.59 Å². The molecule has 7 heteroatoms. The maximum absolute atomic E-state index is 13.5. The van der Waals surface area contributed by atoms with Gasteiger partial charge in [0.15, 0.2) is 6.10 Å². The molecule has 0 heterocycles. The molecule has 0 bridgehead atoms. The minimum atomic E-state index is -1.11. The van der Waals surface area contributed by atoms with Gasteiger partial charge in [-0.2, -0.15) is 0 Å². The van der Waals surface area contributed by atoms with Crippen molar-refractivity contribution in [2.75, 3.05) is 10.6 Å². The van der Waals surface area contributed by atoms with Gasteiger partial charge in [0.2, 0.25) is 5.91 Å². The SMILES string of the molecule is CC(=O)Nc1ccc(NC(=O)[C@H](C)OC(=O)c2ccccc2F)cc1. The lowest BCUT2D eigenvalue weighted by molar-refractivity contribution is -0.123. The van der Waals surface area contributed by atoms with Crippen molar-refractivity contribution in [3.8, 4) is 0 Å². The van der Waals surface area contributed by atoms with Crippen LogP contribution in [0.3, 0.4) is 0 Å². The number of anilines is 2. The van der Waals surface area contributed by atoms with Gasteiger partial charge in [-0.15, -0.1) is 0 Å². The molecule has 0 radical (unpaired) electrons. The maximum Gasteiger partial charge on any atom is 0.341 e. The summed E-state index contributed by atoms with van der Waals surface area (Å²) in [5, 5.41) is 5.17. The van der Waals surface area contributed by atoms with E-state index in [-0.39, 0.29) is 11.5 Å². The molecule has 2 aromatic rings. The minimum absolute atomic E-state index is 0.203. The zero-order valence-corrected chi connectivity index (χ0v) is 13.7. The zero-order valence-electron chi connectivity index (χ0n) is 13.7. The molecule has 0 saturated heterocycles. The molecular weight excluding hydrogens is 327 g/mol. The Morgan fingerprint density at radius 3 is 2.08 bits per heavy atom. The Morgan fingerprint density at radius 2 is 1.52 bits per heavy atom. The van der Waals surface area contributed by atoms with Crippen molar-refractivity contribution < 1.29 is 23.5 Å². The van der Waals surface area contributed by atoms with Crippen LogP contribution >= 0.6 is 0 Å². The number of hydrogen-bond donors (Lipinski definition) is 2. The molecule has 0 unspecified atom stereocenters. The number of esters is 1. The molecule has 25 heavy (non-hydrogen) atoms. The molecule has 0 aromatic heterocycles. The lowest BCUT2D eigenvalue weighted by Gasteiger charge is -2.14. The third-order valence-electron chi connectivity index (χ3n) is 3.22. The molecule has 2 N–H and O–H groups in total. The van der Waals surface area contributed by atoms with Crippen molar-refractivity contribution >= 4 is 29.2 Å². The smallest absolute Gasteiger partial charge is 0.341 e. The van der Waals surface area contributed by atoms with Gasteiger partial charge in [0, 0.05) is 18.3 Å². The first kappa shape index (κ1) is 18.1. The van der Waals surface area contributed by atoms with Crippen LogP contribution in [0.5, 0.6) is 0 Å². The molecule has 0 saturated carbocycles. The molecule has 0 aliphatic carbocycles. The number of amides is 2. The molecular formula is C18H17FN2O4. The van der Waals surface area contributed by atoms with Crippen LogP contribution in [0.1, 0.15) is 24.2 Å². The van der Waals surface area contributed by atoms with Crippen LogP contribution in [0.25, 0.3) is 0 Å².